The van der Waals surface area contributed by atoms with Gasteiger partial charge in [-0.2, -0.15) is 5.10 Å². The molecular formula is C25H22N4O4. The van der Waals surface area contributed by atoms with Gasteiger partial charge >= 0.3 is 6.03 Å². The minimum atomic E-state index is -0.295. The Hall–Kier alpha value is -4.46. The van der Waals surface area contributed by atoms with Crippen LogP contribution in [-0.2, 0) is 13.2 Å². The van der Waals surface area contributed by atoms with Crippen LogP contribution in [0.1, 0.15) is 11.1 Å². The zero-order chi connectivity index (χ0) is 22.5. The van der Waals surface area contributed by atoms with Gasteiger partial charge in [0.05, 0.1) is 11.9 Å². The van der Waals surface area contributed by atoms with Crippen molar-refractivity contribution in [2.24, 2.45) is 0 Å². The van der Waals surface area contributed by atoms with Gasteiger partial charge < -0.3 is 24.8 Å². The molecule has 0 atom stereocenters. The molecule has 166 valence electrons. The van der Waals surface area contributed by atoms with Crippen molar-refractivity contribution >= 4 is 11.7 Å². The van der Waals surface area contributed by atoms with Crippen molar-refractivity contribution in [2.45, 2.75) is 13.2 Å². The first-order valence-electron chi connectivity index (χ1n) is 10.5. The molecule has 1 aliphatic heterocycles. The Kier molecular flexibility index (Phi) is 5.79. The molecular weight excluding hydrogens is 420 g/mol. The molecule has 0 fully saturated rings. The van der Waals surface area contributed by atoms with Gasteiger partial charge in [-0.15, -0.1) is 0 Å². The molecule has 1 aliphatic rings. The molecule has 1 aromatic heterocycles. The molecule has 0 radical (unpaired) electrons. The molecule has 0 saturated heterocycles. The molecule has 2 N–H and O–H groups in total. The maximum Gasteiger partial charge on any atom is 0.319 e. The van der Waals surface area contributed by atoms with Crippen molar-refractivity contribution in [2.75, 3.05) is 12.1 Å². The second-order valence-electron chi connectivity index (χ2n) is 7.44. The van der Waals surface area contributed by atoms with Crippen LogP contribution in [0.25, 0.3) is 5.69 Å². The lowest BCUT2D eigenvalue weighted by Gasteiger charge is -2.10. The summed E-state index contributed by atoms with van der Waals surface area (Å²) in [6.45, 7) is 0.949. The number of ether oxygens (including phenoxy) is 3. The number of amides is 2. The molecule has 5 rings (SSSR count). The lowest BCUT2D eigenvalue weighted by molar-refractivity contribution is 0.173. The maximum atomic E-state index is 12.4. The Morgan fingerprint density at radius 1 is 0.970 bits per heavy atom. The summed E-state index contributed by atoms with van der Waals surface area (Å²) in [7, 11) is 0. The SMILES string of the molecule is O=C(NCc1cnn(-c2ccccc2)c1)Nc1cccc(COc2ccc3c(c2)OCO3)c1. The Morgan fingerprint density at radius 3 is 2.76 bits per heavy atom. The monoisotopic (exact) mass is 442 g/mol. The van der Waals surface area contributed by atoms with E-state index in [0.717, 1.165) is 16.8 Å². The van der Waals surface area contributed by atoms with Crippen molar-refractivity contribution in [3.05, 3.63) is 96.3 Å². The zero-order valence-corrected chi connectivity index (χ0v) is 17.7. The highest BCUT2D eigenvalue weighted by atomic mass is 16.7. The summed E-state index contributed by atoms with van der Waals surface area (Å²) >= 11 is 0. The first kappa shape index (κ1) is 20.4. The molecule has 0 saturated carbocycles. The average Bonchev–Trinajstić information content (AvgIpc) is 3.52. The predicted molar refractivity (Wildman–Crippen MR) is 123 cm³/mol. The number of carbonyl (C=O) groups is 1. The predicted octanol–water partition coefficient (Wildman–Crippen LogP) is 4.50. The average molecular weight is 442 g/mol. The van der Waals surface area contributed by atoms with Crippen molar-refractivity contribution < 1.29 is 19.0 Å². The fourth-order valence-corrected chi connectivity index (χ4v) is 3.40. The van der Waals surface area contributed by atoms with Crippen LogP contribution in [0.15, 0.2) is 85.2 Å². The number of rotatable bonds is 7. The Morgan fingerprint density at radius 2 is 1.85 bits per heavy atom. The molecule has 0 spiro atoms. The number of nitrogens with zero attached hydrogens (tertiary/aromatic N) is 2. The number of aromatic nitrogens is 2. The van der Waals surface area contributed by atoms with Gasteiger partial charge in [0.15, 0.2) is 11.5 Å². The van der Waals surface area contributed by atoms with Crippen LogP contribution in [-0.4, -0.2) is 22.6 Å². The summed E-state index contributed by atoms with van der Waals surface area (Å²) in [6, 6.07) is 22.5. The largest absolute Gasteiger partial charge is 0.489 e. The number of anilines is 1. The minimum absolute atomic E-state index is 0.226. The van der Waals surface area contributed by atoms with Gasteiger partial charge in [0.25, 0.3) is 0 Å². The van der Waals surface area contributed by atoms with Gasteiger partial charge in [-0.25, -0.2) is 9.48 Å². The van der Waals surface area contributed by atoms with Gasteiger partial charge in [-0.3, -0.25) is 0 Å². The zero-order valence-electron chi connectivity index (χ0n) is 17.7. The molecule has 8 nitrogen and oxygen atoms in total. The van der Waals surface area contributed by atoms with Gasteiger partial charge in [-0.1, -0.05) is 30.3 Å². The van der Waals surface area contributed by atoms with Crippen LogP contribution in [0.5, 0.6) is 17.2 Å². The van der Waals surface area contributed by atoms with E-state index in [9.17, 15) is 4.79 Å². The van der Waals surface area contributed by atoms with Crippen LogP contribution in [0.2, 0.25) is 0 Å². The molecule has 2 amide bonds. The topological polar surface area (TPSA) is 86.6 Å². The Balaban J connectivity index is 1.13. The fraction of sp³-hybridized carbons (Fsp3) is 0.120. The molecule has 0 unspecified atom stereocenters. The lowest BCUT2D eigenvalue weighted by atomic mass is 10.2. The number of nitrogens with one attached hydrogen (secondary N) is 2. The fourth-order valence-electron chi connectivity index (χ4n) is 3.40. The maximum absolute atomic E-state index is 12.4. The van der Waals surface area contributed by atoms with Gasteiger partial charge in [0, 0.05) is 30.1 Å². The lowest BCUT2D eigenvalue weighted by Crippen LogP contribution is -2.28. The number of hydrogen-bond donors (Lipinski definition) is 2. The molecule has 4 aromatic rings. The van der Waals surface area contributed by atoms with Crippen LogP contribution in [0.4, 0.5) is 10.5 Å². The van der Waals surface area contributed by atoms with Crippen LogP contribution in [0.3, 0.4) is 0 Å². The Bertz CT molecular complexity index is 1260. The van der Waals surface area contributed by atoms with E-state index in [2.05, 4.69) is 15.7 Å². The van der Waals surface area contributed by atoms with E-state index in [1.165, 1.54) is 0 Å². The number of benzene rings is 3. The number of urea groups is 1. The van der Waals surface area contributed by atoms with Crippen LogP contribution in [0, 0.1) is 0 Å². The second-order valence-corrected chi connectivity index (χ2v) is 7.44. The van der Waals surface area contributed by atoms with Gasteiger partial charge in [0.1, 0.15) is 12.4 Å². The second kappa shape index (κ2) is 9.35. The Labute approximate surface area is 190 Å². The summed E-state index contributed by atoms with van der Waals surface area (Å²) in [4.78, 5) is 12.4. The van der Waals surface area contributed by atoms with Gasteiger partial charge in [-0.05, 0) is 42.0 Å². The third-order valence-electron chi connectivity index (χ3n) is 5.04. The number of fused-ring (bicyclic) bond motifs is 1. The molecule has 0 bridgehead atoms. The highest BCUT2D eigenvalue weighted by Crippen LogP contribution is 2.35. The smallest absolute Gasteiger partial charge is 0.319 e. The molecule has 0 aliphatic carbocycles. The highest BCUT2D eigenvalue weighted by molar-refractivity contribution is 5.89. The highest BCUT2D eigenvalue weighted by Gasteiger charge is 2.13. The standard InChI is InChI=1S/C25H22N4O4/c30-25(26-13-19-14-27-29(15-19)21-7-2-1-3-8-21)28-20-6-4-5-18(11-20)16-31-22-9-10-23-24(12-22)33-17-32-23/h1-12,14-15H,13,16-17H2,(H2,26,28,30). The molecule has 8 heteroatoms. The summed E-state index contributed by atoms with van der Waals surface area (Å²) < 4.78 is 18.3. The summed E-state index contributed by atoms with van der Waals surface area (Å²) in [6.07, 6.45) is 3.63. The quantitative estimate of drug-likeness (QED) is 0.440. The summed E-state index contributed by atoms with van der Waals surface area (Å²) in [5, 5.41) is 10.0. The van der Waals surface area contributed by atoms with Crippen molar-refractivity contribution in [1.82, 2.24) is 15.1 Å². The van der Waals surface area contributed by atoms with Gasteiger partial charge in [0.2, 0.25) is 6.79 Å². The molecule has 2 heterocycles. The van der Waals surface area contributed by atoms with E-state index in [4.69, 9.17) is 14.2 Å². The third-order valence-corrected chi connectivity index (χ3v) is 5.04. The van der Waals surface area contributed by atoms with E-state index < -0.39 is 0 Å². The van der Waals surface area contributed by atoms with Crippen LogP contribution < -0.4 is 24.8 Å². The normalized spacial score (nSPS) is 11.8. The first-order chi connectivity index (χ1) is 16.2. The van der Waals surface area contributed by atoms with E-state index in [1.807, 2.05) is 72.9 Å². The minimum Gasteiger partial charge on any atom is -0.489 e. The number of para-hydroxylation sites is 1. The van der Waals surface area contributed by atoms with E-state index >= 15 is 0 Å². The summed E-state index contributed by atoms with van der Waals surface area (Å²) in [5.41, 5.74) is 3.47. The first-order valence-corrected chi connectivity index (χ1v) is 10.5. The van der Waals surface area contributed by atoms with Crippen molar-refractivity contribution in [3.63, 3.8) is 0 Å². The van der Waals surface area contributed by atoms with Crippen molar-refractivity contribution in [1.29, 1.82) is 0 Å². The number of carbonyl (C=O) groups excluding carboxylic acids is 1. The summed E-state index contributed by atoms with van der Waals surface area (Å²) in [5.74, 6) is 2.08. The molecule has 3 aromatic carbocycles. The van der Waals surface area contributed by atoms with E-state index in [0.29, 0.717) is 36.1 Å². The van der Waals surface area contributed by atoms with E-state index in [1.54, 1.807) is 16.9 Å². The third kappa shape index (κ3) is 5.07. The molecule has 33 heavy (non-hydrogen) atoms. The van der Waals surface area contributed by atoms with Crippen molar-refractivity contribution in [3.8, 4) is 22.9 Å². The van der Waals surface area contributed by atoms with E-state index in [-0.39, 0.29) is 12.8 Å². The van der Waals surface area contributed by atoms with Crippen LogP contribution >= 0.6 is 0 Å². The number of hydrogen-bond acceptors (Lipinski definition) is 5.